The molecule has 0 aliphatic carbocycles. The Bertz CT molecular complexity index is 1200. The second-order valence-electron chi connectivity index (χ2n) is 8.00. The van der Waals surface area contributed by atoms with Gasteiger partial charge >= 0.3 is 0 Å². The van der Waals surface area contributed by atoms with Crippen LogP contribution >= 0.6 is 23.3 Å². The maximum atomic E-state index is 13.7. The van der Waals surface area contributed by atoms with Crippen LogP contribution < -0.4 is 14.5 Å². The maximum Gasteiger partial charge on any atom is 0.261 e. The highest BCUT2D eigenvalue weighted by atomic mass is 32.2. The molecule has 0 saturated heterocycles. The normalized spacial score (nSPS) is 14.8. The van der Waals surface area contributed by atoms with E-state index >= 15 is 0 Å². The van der Waals surface area contributed by atoms with Gasteiger partial charge in [-0.2, -0.15) is 0 Å². The third kappa shape index (κ3) is 3.59. The largest absolute Gasteiger partial charge is 0.354 e. The first-order chi connectivity index (χ1) is 15.6. The first-order valence-electron chi connectivity index (χ1n) is 10.8. The molecule has 2 aromatic carbocycles. The van der Waals surface area contributed by atoms with Crippen LogP contribution in [-0.2, 0) is 12.8 Å². The third-order valence-corrected chi connectivity index (χ3v) is 8.20. The van der Waals surface area contributed by atoms with Crippen molar-refractivity contribution in [1.29, 1.82) is 0 Å². The summed E-state index contributed by atoms with van der Waals surface area (Å²) in [5, 5.41) is 2.71. The number of hydrogen-bond donors (Lipinski definition) is 1. The van der Waals surface area contributed by atoms with E-state index in [0.717, 1.165) is 46.6 Å². The Morgan fingerprint density at radius 1 is 1.00 bits per heavy atom. The van der Waals surface area contributed by atoms with Crippen molar-refractivity contribution in [3.63, 3.8) is 0 Å². The molecular weight excluding hydrogens is 438 g/mol. The molecule has 32 heavy (non-hydrogen) atoms. The first kappa shape index (κ1) is 21.1. The fourth-order valence-corrected chi connectivity index (χ4v) is 6.46. The molecule has 0 spiro atoms. The van der Waals surface area contributed by atoms with Gasteiger partial charge in [-0.3, -0.25) is 9.59 Å². The molecule has 0 unspecified atom stereocenters. The molecule has 3 aromatic rings. The van der Waals surface area contributed by atoms with Gasteiger partial charge in [0.2, 0.25) is 0 Å². The molecule has 2 amide bonds. The quantitative estimate of drug-likeness (QED) is 0.555. The topological polar surface area (TPSA) is 52.7 Å². The number of rotatable bonds is 3. The predicted molar refractivity (Wildman–Crippen MR) is 134 cm³/mol. The van der Waals surface area contributed by atoms with Gasteiger partial charge in [-0.25, -0.2) is 0 Å². The van der Waals surface area contributed by atoms with E-state index in [1.807, 2.05) is 41.3 Å². The second kappa shape index (κ2) is 8.64. The van der Waals surface area contributed by atoms with E-state index in [9.17, 15) is 9.59 Å². The molecule has 1 N–H and O–H groups in total. The van der Waals surface area contributed by atoms with Crippen molar-refractivity contribution in [2.24, 2.45) is 0 Å². The first-order valence-corrected chi connectivity index (χ1v) is 12.8. The minimum absolute atomic E-state index is 0.0307. The van der Waals surface area contributed by atoms with Gasteiger partial charge in [0.1, 0.15) is 0 Å². The number of nitrogens with one attached hydrogen (secondary N) is 1. The lowest BCUT2D eigenvalue weighted by molar-refractivity contribution is 0.0964. The SMILES string of the molecule is CNC(=O)c1cc2c(s1)-c1ccccc1N(C(=O)c1ccc3c(c1)CCCN3SC)CC2. The number of fused-ring (bicyclic) bond motifs is 4. The van der Waals surface area contributed by atoms with Crippen LogP contribution in [0.25, 0.3) is 10.4 Å². The van der Waals surface area contributed by atoms with Gasteiger partial charge < -0.3 is 14.5 Å². The summed E-state index contributed by atoms with van der Waals surface area (Å²) < 4.78 is 2.30. The summed E-state index contributed by atoms with van der Waals surface area (Å²) in [6.07, 6.45) is 4.92. The number of carbonyl (C=O) groups excluding carboxylic acids is 2. The Balaban J connectivity index is 1.52. The van der Waals surface area contributed by atoms with Gasteiger partial charge in [0, 0.05) is 42.4 Å². The zero-order valence-corrected chi connectivity index (χ0v) is 19.8. The molecule has 164 valence electrons. The molecule has 0 saturated carbocycles. The summed E-state index contributed by atoms with van der Waals surface area (Å²) in [7, 11) is 1.65. The highest BCUT2D eigenvalue weighted by Crippen LogP contribution is 2.42. The molecule has 0 atom stereocenters. The van der Waals surface area contributed by atoms with E-state index in [0.29, 0.717) is 17.8 Å². The lowest BCUT2D eigenvalue weighted by atomic mass is 10.00. The van der Waals surface area contributed by atoms with Crippen molar-refractivity contribution in [2.75, 3.05) is 35.6 Å². The molecule has 3 heterocycles. The lowest BCUT2D eigenvalue weighted by Crippen LogP contribution is -2.33. The van der Waals surface area contributed by atoms with Crippen molar-refractivity contribution in [3.05, 3.63) is 70.1 Å². The smallest absolute Gasteiger partial charge is 0.261 e. The number of amides is 2. The Kier molecular flexibility index (Phi) is 5.69. The van der Waals surface area contributed by atoms with Crippen LogP contribution in [0.1, 0.15) is 37.6 Å². The highest BCUT2D eigenvalue weighted by Gasteiger charge is 2.28. The summed E-state index contributed by atoms with van der Waals surface area (Å²) >= 11 is 3.23. The fraction of sp³-hybridized carbons (Fsp3) is 0.280. The summed E-state index contributed by atoms with van der Waals surface area (Å²) in [5.41, 5.74) is 6.25. The molecule has 1 aromatic heterocycles. The summed E-state index contributed by atoms with van der Waals surface area (Å²) in [4.78, 5) is 29.6. The van der Waals surface area contributed by atoms with E-state index in [1.54, 1.807) is 19.0 Å². The van der Waals surface area contributed by atoms with E-state index in [2.05, 4.69) is 28.0 Å². The van der Waals surface area contributed by atoms with Crippen molar-refractivity contribution < 1.29 is 9.59 Å². The molecule has 2 aliphatic rings. The highest BCUT2D eigenvalue weighted by molar-refractivity contribution is 7.99. The van der Waals surface area contributed by atoms with Crippen LogP contribution in [-0.4, -0.2) is 38.2 Å². The van der Waals surface area contributed by atoms with Crippen LogP contribution in [0.3, 0.4) is 0 Å². The lowest BCUT2D eigenvalue weighted by Gasteiger charge is -2.30. The molecule has 0 fully saturated rings. The molecular formula is C25H25N3O2S2. The average molecular weight is 464 g/mol. The van der Waals surface area contributed by atoms with Crippen LogP contribution in [0, 0.1) is 0 Å². The Morgan fingerprint density at radius 3 is 2.66 bits per heavy atom. The van der Waals surface area contributed by atoms with Gasteiger partial charge in [-0.1, -0.05) is 30.1 Å². The minimum atomic E-state index is -0.0677. The monoisotopic (exact) mass is 463 g/mol. The maximum absolute atomic E-state index is 13.7. The van der Waals surface area contributed by atoms with Crippen molar-refractivity contribution in [3.8, 4) is 10.4 Å². The number of thiophene rings is 1. The van der Waals surface area contributed by atoms with Gasteiger partial charge in [0.25, 0.3) is 11.8 Å². The number of anilines is 2. The predicted octanol–water partition coefficient (Wildman–Crippen LogP) is 5.01. The molecule has 7 heteroatoms. The Hall–Kier alpha value is -2.77. The summed E-state index contributed by atoms with van der Waals surface area (Å²) in [6.45, 7) is 1.63. The minimum Gasteiger partial charge on any atom is -0.354 e. The van der Waals surface area contributed by atoms with Gasteiger partial charge in [0.15, 0.2) is 0 Å². The fourth-order valence-electron chi connectivity index (χ4n) is 4.58. The molecule has 0 bridgehead atoms. The van der Waals surface area contributed by atoms with Gasteiger partial charge in [0.05, 0.1) is 16.3 Å². The van der Waals surface area contributed by atoms with E-state index in [-0.39, 0.29) is 11.8 Å². The second-order valence-corrected chi connectivity index (χ2v) is 9.86. The van der Waals surface area contributed by atoms with Crippen molar-refractivity contribution in [2.45, 2.75) is 19.3 Å². The van der Waals surface area contributed by atoms with Crippen LogP contribution in [0.15, 0.2) is 48.5 Å². The Labute approximate surface area is 196 Å². The molecule has 5 rings (SSSR count). The Morgan fingerprint density at radius 2 is 1.84 bits per heavy atom. The van der Waals surface area contributed by atoms with Gasteiger partial charge in [-0.15, -0.1) is 11.3 Å². The molecule has 0 radical (unpaired) electrons. The van der Waals surface area contributed by atoms with E-state index in [4.69, 9.17) is 0 Å². The molecule has 2 aliphatic heterocycles. The number of aryl methyl sites for hydroxylation is 1. The number of carbonyl (C=O) groups is 2. The number of nitrogens with zero attached hydrogens (tertiary/aromatic N) is 2. The summed E-state index contributed by atoms with van der Waals surface area (Å²) in [5.74, 6) is -0.0370. The van der Waals surface area contributed by atoms with E-state index in [1.165, 1.54) is 22.6 Å². The number of hydrogen-bond acceptors (Lipinski definition) is 5. The van der Waals surface area contributed by atoms with Crippen LogP contribution in [0.2, 0.25) is 0 Å². The summed E-state index contributed by atoms with van der Waals surface area (Å²) in [6, 6.07) is 16.1. The van der Waals surface area contributed by atoms with Crippen LogP contribution in [0.5, 0.6) is 0 Å². The van der Waals surface area contributed by atoms with Gasteiger partial charge in [-0.05, 0) is 60.7 Å². The zero-order chi connectivity index (χ0) is 22.2. The van der Waals surface area contributed by atoms with E-state index < -0.39 is 0 Å². The molecule has 5 nitrogen and oxygen atoms in total. The number of para-hydroxylation sites is 1. The standard InChI is InChI=1S/C25H25N3O2S2/c1-26-24(29)22-15-17-11-13-27(21-8-4-3-7-19(21)23(17)32-22)25(30)18-9-10-20-16(14-18)6-5-12-28(20)31-2/h3-4,7-10,14-15H,5-6,11-13H2,1-2H3,(H,26,29). The zero-order valence-electron chi connectivity index (χ0n) is 18.2. The number of benzene rings is 2. The average Bonchev–Trinajstić information content (AvgIpc) is 3.20. The van der Waals surface area contributed by atoms with Crippen LogP contribution in [0.4, 0.5) is 11.4 Å². The third-order valence-electron chi connectivity index (χ3n) is 6.17. The van der Waals surface area contributed by atoms with Crippen molar-refractivity contribution in [1.82, 2.24) is 5.32 Å². The van der Waals surface area contributed by atoms with Crippen molar-refractivity contribution >= 4 is 46.5 Å².